The third-order valence-corrected chi connectivity index (χ3v) is 2.29. The zero-order valence-corrected chi connectivity index (χ0v) is 8.03. The molecular formula is C9H17NO3. The van der Waals surface area contributed by atoms with Crippen molar-refractivity contribution in [2.75, 3.05) is 19.8 Å². The zero-order valence-electron chi connectivity index (χ0n) is 8.03. The van der Waals surface area contributed by atoms with Gasteiger partial charge in [0.05, 0.1) is 12.6 Å². The molecule has 1 rings (SSSR count). The monoisotopic (exact) mass is 187 g/mol. The maximum absolute atomic E-state index is 11.1. The number of carbonyl (C=O) groups is 1. The molecule has 0 aliphatic carbocycles. The second-order valence-electron chi connectivity index (χ2n) is 3.31. The Bertz CT molecular complexity index is 172. The first-order valence-corrected chi connectivity index (χ1v) is 4.83. The van der Waals surface area contributed by atoms with Crippen molar-refractivity contribution >= 4 is 6.09 Å². The lowest BCUT2D eigenvalue weighted by Gasteiger charge is -2.18. The fourth-order valence-electron chi connectivity index (χ4n) is 1.45. The van der Waals surface area contributed by atoms with Gasteiger partial charge in [-0.1, -0.05) is 19.8 Å². The Morgan fingerprint density at radius 1 is 1.62 bits per heavy atom. The number of aliphatic hydroxyl groups is 1. The minimum atomic E-state index is -0.282. The van der Waals surface area contributed by atoms with Crippen LogP contribution < -0.4 is 0 Å². The second kappa shape index (κ2) is 5.07. The van der Waals surface area contributed by atoms with Gasteiger partial charge >= 0.3 is 6.09 Å². The summed E-state index contributed by atoms with van der Waals surface area (Å²) in [6, 6.07) is -0.121. The van der Waals surface area contributed by atoms with Gasteiger partial charge in [-0.25, -0.2) is 4.79 Å². The van der Waals surface area contributed by atoms with Crippen molar-refractivity contribution in [1.29, 1.82) is 0 Å². The van der Waals surface area contributed by atoms with E-state index in [1.165, 1.54) is 0 Å². The van der Waals surface area contributed by atoms with Crippen LogP contribution in [-0.2, 0) is 4.74 Å². The largest absolute Gasteiger partial charge is 0.447 e. The van der Waals surface area contributed by atoms with Crippen molar-refractivity contribution in [3.8, 4) is 0 Å². The van der Waals surface area contributed by atoms with Crippen LogP contribution >= 0.6 is 0 Å². The van der Waals surface area contributed by atoms with Crippen molar-refractivity contribution in [3.05, 3.63) is 0 Å². The smallest absolute Gasteiger partial charge is 0.410 e. The number of hydrogen-bond acceptors (Lipinski definition) is 3. The summed E-state index contributed by atoms with van der Waals surface area (Å²) in [6.07, 6.45) is 2.95. The Morgan fingerprint density at radius 2 is 2.38 bits per heavy atom. The van der Waals surface area contributed by atoms with Gasteiger partial charge in [-0.3, -0.25) is 4.90 Å². The number of nitrogens with zero attached hydrogens (tertiary/aromatic N) is 1. The molecule has 4 nitrogen and oxygen atoms in total. The molecular weight excluding hydrogens is 170 g/mol. The summed E-state index contributed by atoms with van der Waals surface area (Å²) >= 11 is 0. The molecule has 76 valence electrons. The minimum absolute atomic E-state index is 0.00212. The van der Waals surface area contributed by atoms with E-state index in [1.807, 2.05) is 0 Å². The number of amides is 1. The van der Waals surface area contributed by atoms with E-state index in [0.29, 0.717) is 13.2 Å². The number of ether oxygens (including phenoxy) is 1. The van der Waals surface area contributed by atoms with Gasteiger partial charge in [0.25, 0.3) is 0 Å². The maximum Gasteiger partial charge on any atom is 0.410 e. The summed E-state index contributed by atoms with van der Waals surface area (Å²) in [5, 5.41) is 8.94. The van der Waals surface area contributed by atoms with Crippen LogP contribution in [0.25, 0.3) is 0 Å². The van der Waals surface area contributed by atoms with Gasteiger partial charge in [0.2, 0.25) is 0 Å². The van der Waals surface area contributed by atoms with E-state index in [0.717, 1.165) is 19.3 Å². The van der Waals surface area contributed by atoms with E-state index in [2.05, 4.69) is 6.92 Å². The number of hydrogen-bond donors (Lipinski definition) is 1. The van der Waals surface area contributed by atoms with Gasteiger partial charge in [0, 0.05) is 6.54 Å². The fourth-order valence-corrected chi connectivity index (χ4v) is 1.45. The third kappa shape index (κ3) is 2.59. The molecule has 1 fully saturated rings. The summed E-state index contributed by atoms with van der Waals surface area (Å²) < 4.78 is 4.83. The summed E-state index contributed by atoms with van der Waals surface area (Å²) in [4.78, 5) is 12.8. The Labute approximate surface area is 78.5 Å². The molecule has 13 heavy (non-hydrogen) atoms. The van der Waals surface area contributed by atoms with Gasteiger partial charge in [0.1, 0.15) is 6.61 Å². The van der Waals surface area contributed by atoms with Gasteiger partial charge in [-0.05, 0) is 6.42 Å². The van der Waals surface area contributed by atoms with Crippen LogP contribution in [0.4, 0.5) is 4.79 Å². The molecule has 0 bridgehead atoms. The average Bonchev–Trinajstić information content (AvgIpc) is 2.48. The maximum atomic E-state index is 11.1. The van der Waals surface area contributed by atoms with Crippen molar-refractivity contribution in [1.82, 2.24) is 4.90 Å². The second-order valence-corrected chi connectivity index (χ2v) is 3.31. The van der Waals surface area contributed by atoms with Crippen LogP contribution in [0.5, 0.6) is 0 Å². The first-order chi connectivity index (χ1) is 6.29. The standard InChI is InChI=1S/C9H17NO3/c1-2-3-4-5-10-8(6-11)7-13-9(10)12/h8,11H,2-7H2,1H3. The van der Waals surface area contributed by atoms with Crippen LogP contribution in [0.15, 0.2) is 0 Å². The van der Waals surface area contributed by atoms with Gasteiger partial charge in [0.15, 0.2) is 0 Å². The fraction of sp³-hybridized carbons (Fsp3) is 0.889. The van der Waals surface area contributed by atoms with Crippen LogP contribution in [0.1, 0.15) is 26.2 Å². The van der Waals surface area contributed by atoms with E-state index in [1.54, 1.807) is 4.90 Å². The van der Waals surface area contributed by atoms with Gasteiger partial charge in [-0.15, -0.1) is 0 Å². The highest BCUT2D eigenvalue weighted by molar-refractivity contribution is 5.70. The quantitative estimate of drug-likeness (QED) is 0.653. The Morgan fingerprint density at radius 3 is 3.00 bits per heavy atom. The van der Waals surface area contributed by atoms with Crippen LogP contribution in [-0.4, -0.2) is 41.9 Å². The first kappa shape index (κ1) is 10.3. The molecule has 0 saturated carbocycles. The molecule has 0 aromatic rings. The SMILES string of the molecule is CCCCCN1C(=O)OCC1CO. The van der Waals surface area contributed by atoms with E-state index >= 15 is 0 Å². The van der Waals surface area contributed by atoms with Crippen LogP contribution in [0, 0.1) is 0 Å². The lowest BCUT2D eigenvalue weighted by molar-refractivity contribution is 0.152. The van der Waals surface area contributed by atoms with Gasteiger partial charge < -0.3 is 9.84 Å². The van der Waals surface area contributed by atoms with E-state index in [9.17, 15) is 4.79 Å². The predicted molar refractivity (Wildman–Crippen MR) is 48.5 cm³/mol. The number of unbranched alkanes of at least 4 members (excludes halogenated alkanes) is 2. The van der Waals surface area contributed by atoms with E-state index in [-0.39, 0.29) is 18.7 Å². The Kier molecular flexibility index (Phi) is 4.02. The van der Waals surface area contributed by atoms with Crippen LogP contribution in [0.2, 0.25) is 0 Å². The van der Waals surface area contributed by atoms with Crippen molar-refractivity contribution in [2.24, 2.45) is 0 Å². The Hall–Kier alpha value is -0.770. The zero-order chi connectivity index (χ0) is 9.68. The predicted octanol–water partition coefficient (Wildman–Crippen LogP) is 0.990. The number of carbonyl (C=O) groups excluding carboxylic acids is 1. The summed E-state index contributed by atoms with van der Waals surface area (Å²) in [5.74, 6) is 0. The average molecular weight is 187 g/mol. The Balaban J connectivity index is 2.31. The van der Waals surface area contributed by atoms with Crippen molar-refractivity contribution in [3.63, 3.8) is 0 Å². The summed E-state index contributed by atoms with van der Waals surface area (Å²) in [6.45, 7) is 3.16. The highest BCUT2D eigenvalue weighted by Crippen LogP contribution is 2.12. The van der Waals surface area contributed by atoms with Crippen molar-refractivity contribution < 1.29 is 14.6 Å². The molecule has 0 aromatic heterocycles. The van der Waals surface area contributed by atoms with Crippen molar-refractivity contribution in [2.45, 2.75) is 32.2 Å². The molecule has 0 spiro atoms. The molecule has 1 aliphatic rings. The lowest BCUT2D eigenvalue weighted by atomic mass is 10.2. The molecule has 0 radical (unpaired) electrons. The highest BCUT2D eigenvalue weighted by Gasteiger charge is 2.31. The highest BCUT2D eigenvalue weighted by atomic mass is 16.6. The molecule has 0 aromatic carbocycles. The minimum Gasteiger partial charge on any atom is -0.447 e. The number of aliphatic hydroxyl groups excluding tert-OH is 1. The first-order valence-electron chi connectivity index (χ1n) is 4.83. The molecule has 1 amide bonds. The molecule has 1 N–H and O–H groups in total. The van der Waals surface area contributed by atoms with E-state index in [4.69, 9.17) is 9.84 Å². The van der Waals surface area contributed by atoms with E-state index < -0.39 is 0 Å². The third-order valence-electron chi connectivity index (χ3n) is 2.29. The normalized spacial score (nSPS) is 22.2. The van der Waals surface area contributed by atoms with Crippen LogP contribution in [0.3, 0.4) is 0 Å². The number of rotatable bonds is 5. The van der Waals surface area contributed by atoms with Gasteiger partial charge in [-0.2, -0.15) is 0 Å². The summed E-state index contributed by atoms with van der Waals surface area (Å²) in [7, 11) is 0. The summed E-state index contributed by atoms with van der Waals surface area (Å²) in [5.41, 5.74) is 0. The lowest BCUT2D eigenvalue weighted by Crippen LogP contribution is -2.36. The molecule has 1 heterocycles. The number of cyclic esters (lactones) is 1. The molecule has 1 aliphatic heterocycles. The molecule has 4 heteroatoms. The topological polar surface area (TPSA) is 49.8 Å². The molecule has 1 atom stereocenters. The molecule has 1 saturated heterocycles. The molecule has 1 unspecified atom stereocenters.